The molecule has 1 aromatic carbocycles. The monoisotopic (exact) mass is 300 g/mol. The zero-order valence-corrected chi connectivity index (χ0v) is 11.9. The standard InChI is InChI=1S/C13H14Cl2N2O2/c1-17-11(12(16)18)6-8(13(17)19)4-7-2-3-9(14)10(15)5-7/h2-3,5,8,11H,4,6H2,1H3,(H2,16,18). The lowest BCUT2D eigenvalue weighted by Crippen LogP contribution is -2.39. The highest BCUT2D eigenvalue weighted by molar-refractivity contribution is 6.42. The summed E-state index contributed by atoms with van der Waals surface area (Å²) >= 11 is 11.8. The largest absolute Gasteiger partial charge is 0.368 e. The van der Waals surface area contributed by atoms with Crippen molar-refractivity contribution in [3.63, 3.8) is 0 Å². The Morgan fingerprint density at radius 1 is 1.42 bits per heavy atom. The summed E-state index contributed by atoms with van der Waals surface area (Å²) in [6.45, 7) is 0. The van der Waals surface area contributed by atoms with Crippen LogP contribution in [0.4, 0.5) is 0 Å². The molecule has 0 saturated carbocycles. The number of carbonyl (C=O) groups is 2. The van der Waals surface area contributed by atoms with E-state index in [1.54, 1.807) is 19.2 Å². The molecule has 2 atom stereocenters. The second-order valence-electron chi connectivity index (χ2n) is 4.75. The molecule has 4 nitrogen and oxygen atoms in total. The van der Waals surface area contributed by atoms with Gasteiger partial charge in [-0.2, -0.15) is 0 Å². The third-order valence-electron chi connectivity index (χ3n) is 3.47. The average molecular weight is 301 g/mol. The van der Waals surface area contributed by atoms with Crippen molar-refractivity contribution >= 4 is 35.0 Å². The third-order valence-corrected chi connectivity index (χ3v) is 4.21. The SMILES string of the molecule is CN1C(=O)C(Cc2ccc(Cl)c(Cl)c2)CC1C(N)=O. The predicted octanol–water partition coefficient (Wildman–Crippen LogP) is 1.87. The maximum absolute atomic E-state index is 12.0. The van der Waals surface area contributed by atoms with Crippen LogP contribution in [0.15, 0.2) is 18.2 Å². The van der Waals surface area contributed by atoms with Gasteiger partial charge in [-0.15, -0.1) is 0 Å². The Hall–Kier alpha value is -1.26. The summed E-state index contributed by atoms with van der Waals surface area (Å²) in [5.74, 6) is -0.762. The van der Waals surface area contributed by atoms with Gasteiger partial charge >= 0.3 is 0 Å². The highest BCUT2D eigenvalue weighted by Crippen LogP contribution is 2.29. The van der Waals surface area contributed by atoms with Crippen molar-refractivity contribution in [1.29, 1.82) is 0 Å². The average Bonchev–Trinajstić information content (AvgIpc) is 2.62. The lowest BCUT2D eigenvalue weighted by Gasteiger charge is -2.15. The van der Waals surface area contributed by atoms with Gasteiger partial charge in [-0.25, -0.2) is 0 Å². The number of carbonyl (C=O) groups excluding carboxylic acids is 2. The molecule has 1 heterocycles. The van der Waals surface area contributed by atoms with E-state index in [1.807, 2.05) is 6.07 Å². The van der Waals surface area contributed by atoms with Gasteiger partial charge in [0.1, 0.15) is 6.04 Å². The van der Waals surface area contributed by atoms with Gasteiger partial charge in [0.15, 0.2) is 0 Å². The summed E-state index contributed by atoms with van der Waals surface area (Å²) in [5, 5.41) is 0.944. The van der Waals surface area contributed by atoms with Crippen molar-refractivity contribution in [3.05, 3.63) is 33.8 Å². The van der Waals surface area contributed by atoms with E-state index in [2.05, 4.69) is 0 Å². The highest BCUT2D eigenvalue weighted by atomic mass is 35.5. The van der Waals surface area contributed by atoms with Gasteiger partial charge in [-0.1, -0.05) is 29.3 Å². The molecule has 102 valence electrons. The lowest BCUT2D eigenvalue weighted by molar-refractivity contribution is -0.134. The Morgan fingerprint density at radius 2 is 2.11 bits per heavy atom. The summed E-state index contributed by atoms with van der Waals surface area (Å²) in [4.78, 5) is 24.7. The normalized spacial score (nSPS) is 22.9. The Kier molecular flexibility index (Phi) is 4.02. The molecule has 2 rings (SSSR count). The van der Waals surface area contributed by atoms with E-state index in [1.165, 1.54) is 4.90 Å². The molecular formula is C13H14Cl2N2O2. The van der Waals surface area contributed by atoms with Crippen molar-refractivity contribution in [2.45, 2.75) is 18.9 Å². The first kappa shape index (κ1) is 14.2. The molecule has 0 spiro atoms. The van der Waals surface area contributed by atoms with Crippen LogP contribution in [0.1, 0.15) is 12.0 Å². The number of rotatable bonds is 3. The molecule has 0 aliphatic carbocycles. The van der Waals surface area contributed by atoms with E-state index in [0.29, 0.717) is 22.9 Å². The lowest BCUT2D eigenvalue weighted by atomic mass is 9.96. The molecule has 2 N–H and O–H groups in total. The fourth-order valence-electron chi connectivity index (χ4n) is 2.40. The number of likely N-dealkylation sites (tertiary alicyclic amines) is 1. The smallest absolute Gasteiger partial charge is 0.240 e. The van der Waals surface area contributed by atoms with Crippen molar-refractivity contribution in [1.82, 2.24) is 4.90 Å². The van der Waals surface area contributed by atoms with E-state index in [4.69, 9.17) is 28.9 Å². The minimum absolute atomic E-state index is 0.0603. The van der Waals surface area contributed by atoms with Crippen molar-refractivity contribution in [2.75, 3.05) is 7.05 Å². The molecule has 2 amide bonds. The third kappa shape index (κ3) is 2.85. The number of amides is 2. The molecule has 1 fully saturated rings. The predicted molar refractivity (Wildman–Crippen MR) is 74.0 cm³/mol. The van der Waals surface area contributed by atoms with Crippen LogP contribution in [0.25, 0.3) is 0 Å². The van der Waals surface area contributed by atoms with Gasteiger partial charge in [0.05, 0.1) is 10.0 Å². The quantitative estimate of drug-likeness (QED) is 0.926. The fourth-order valence-corrected chi connectivity index (χ4v) is 2.72. The van der Waals surface area contributed by atoms with E-state index in [-0.39, 0.29) is 11.8 Å². The Morgan fingerprint density at radius 3 is 2.63 bits per heavy atom. The van der Waals surface area contributed by atoms with E-state index < -0.39 is 11.9 Å². The topological polar surface area (TPSA) is 63.4 Å². The minimum Gasteiger partial charge on any atom is -0.368 e. The maximum Gasteiger partial charge on any atom is 0.240 e. The highest BCUT2D eigenvalue weighted by Gasteiger charge is 2.39. The molecule has 2 unspecified atom stereocenters. The van der Waals surface area contributed by atoms with Crippen LogP contribution in [0.2, 0.25) is 10.0 Å². The van der Waals surface area contributed by atoms with Crippen LogP contribution in [0.3, 0.4) is 0 Å². The van der Waals surface area contributed by atoms with Gasteiger partial charge in [-0.05, 0) is 30.5 Å². The van der Waals surface area contributed by atoms with Crippen molar-refractivity contribution in [2.24, 2.45) is 11.7 Å². The molecule has 1 aliphatic heterocycles. The zero-order chi connectivity index (χ0) is 14.2. The number of likely N-dealkylation sites (N-methyl/N-ethyl adjacent to an activating group) is 1. The molecule has 0 bridgehead atoms. The number of nitrogens with two attached hydrogens (primary N) is 1. The van der Waals surface area contributed by atoms with E-state index in [9.17, 15) is 9.59 Å². The first-order valence-electron chi connectivity index (χ1n) is 5.90. The summed E-state index contributed by atoms with van der Waals surface area (Å²) < 4.78 is 0. The molecule has 6 heteroatoms. The molecule has 0 radical (unpaired) electrons. The van der Waals surface area contributed by atoms with Gasteiger partial charge in [-0.3, -0.25) is 9.59 Å². The van der Waals surface area contributed by atoms with E-state index >= 15 is 0 Å². The van der Waals surface area contributed by atoms with Gasteiger partial charge in [0, 0.05) is 13.0 Å². The van der Waals surface area contributed by atoms with Crippen LogP contribution in [-0.4, -0.2) is 29.8 Å². The van der Waals surface area contributed by atoms with Crippen LogP contribution >= 0.6 is 23.2 Å². The van der Waals surface area contributed by atoms with Gasteiger partial charge in [0.25, 0.3) is 0 Å². The molecule has 1 aromatic rings. The number of hydrogen-bond donors (Lipinski definition) is 1. The number of halogens is 2. The first-order chi connectivity index (χ1) is 8.90. The van der Waals surface area contributed by atoms with Crippen LogP contribution in [0, 0.1) is 5.92 Å². The Balaban J connectivity index is 2.13. The second kappa shape index (κ2) is 5.39. The van der Waals surface area contributed by atoms with Crippen LogP contribution in [0.5, 0.6) is 0 Å². The van der Waals surface area contributed by atoms with Crippen molar-refractivity contribution in [3.8, 4) is 0 Å². The Bertz CT molecular complexity index is 533. The molecular weight excluding hydrogens is 287 g/mol. The summed E-state index contributed by atoms with van der Waals surface area (Å²) in [6.07, 6.45) is 0.981. The summed E-state index contributed by atoms with van der Waals surface area (Å²) in [6, 6.07) is 4.77. The number of hydrogen-bond acceptors (Lipinski definition) is 2. The van der Waals surface area contributed by atoms with Crippen molar-refractivity contribution < 1.29 is 9.59 Å². The van der Waals surface area contributed by atoms with Gasteiger partial charge in [0.2, 0.25) is 11.8 Å². The Labute approximate surface area is 121 Å². The molecule has 0 aromatic heterocycles. The van der Waals surface area contributed by atoms with E-state index in [0.717, 1.165) is 5.56 Å². The van der Waals surface area contributed by atoms with Gasteiger partial charge < -0.3 is 10.6 Å². The molecule has 1 saturated heterocycles. The summed E-state index contributed by atoms with van der Waals surface area (Å²) in [7, 11) is 1.60. The molecule has 1 aliphatic rings. The first-order valence-corrected chi connectivity index (χ1v) is 6.65. The number of primary amides is 1. The number of nitrogens with zero attached hydrogens (tertiary/aromatic N) is 1. The second-order valence-corrected chi connectivity index (χ2v) is 5.57. The van der Waals surface area contributed by atoms with Crippen LogP contribution in [-0.2, 0) is 16.0 Å². The molecule has 19 heavy (non-hydrogen) atoms. The van der Waals surface area contributed by atoms with Crippen LogP contribution < -0.4 is 5.73 Å². The minimum atomic E-state index is -0.514. The summed E-state index contributed by atoms with van der Waals surface area (Å²) in [5.41, 5.74) is 6.20. The maximum atomic E-state index is 12.0. The fraction of sp³-hybridized carbons (Fsp3) is 0.385. The number of benzene rings is 1. The zero-order valence-electron chi connectivity index (χ0n) is 10.4.